The van der Waals surface area contributed by atoms with Crippen LogP contribution in [0.15, 0.2) is 16.3 Å². The van der Waals surface area contributed by atoms with Crippen molar-refractivity contribution in [2.24, 2.45) is 5.92 Å². The SMILES string of the molecule is CC(C)CC(C)N(C)S(=O)(=O)c1csc(CO)c1. The summed E-state index contributed by atoms with van der Waals surface area (Å²) in [5, 5.41) is 10.6. The quantitative estimate of drug-likeness (QED) is 0.875. The van der Waals surface area contributed by atoms with E-state index in [-0.39, 0.29) is 17.5 Å². The molecule has 104 valence electrons. The van der Waals surface area contributed by atoms with Gasteiger partial charge < -0.3 is 5.11 Å². The van der Waals surface area contributed by atoms with Crippen LogP contribution in [0.1, 0.15) is 32.1 Å². The lowest BCUT2D eigenvalue weighted by atomic mass is 10.1. The summed E-state index contributed by atoms with van der Waals surface area (Å²) in [6.45, 7) is 5.94. The number of aliphatic hydroxyl groups is 1. The summed E-state index contributed by atoms with van der Waals surface area (Å²) in [5.41, 5.74) is 0. The molecule has 0 saturated carbocycles. The van der Waals surface area contributed by atoms with Crippen LogP contribution in [0.4, 0.5) is 0 Å². The zero-order valence-corrected chi connectivity index (χ0v) is 12.9. The third-order valence-electron chi connectivity index (χ3n) is 2.90. The number of nitrogens with zero attached hydrogens (tertiary/aromatic N) is 1. The minimum atomic E-state index is -3.44. The molecule has 6 heteroatoms. The van der Waals surface area contributed by atoms with Gasteiger partial charge in [-0.25, -0.2) is 8.42 Å². The first-order valence-electron chi connectivity index (χ1n) is 5.95. The molecule has 0 aliphatic rings. The fourth-order valence-electron chi connectivity index (χ4n) is 1.81. The molecule has 0 aliphatic carbocycles. The van der Waals surface area contributed by atoms with Crippen LogP contribution in [0.2, 0.25) is 0 Å². The molecular formula is C12H21NO3S2. The molecule has 0 amide bonds. The lowest BCUT2D eigenvalue weighted by Gasteiger charge is -2.25. The Kier molecular flexibility index (Phi) is 5.33. The van der Waals surface area contributed by atoms with E-state index in [4.69, 9.17) is 5.11 Å². The summed E-state index contributed by atoms with van der Waals surface area (Å²) in [7, 11) is -1.83. The van der Waals surface area contributed by atoms with E-state index in [2.05, 4.69) is 13.8 Å². The normalized spacial score (nSPS) is 14.4. The highest BCUT2D eigenvalue weighted by Gasteiger charge is 2.26. The molecule has 1 unspecified atom stereocenters. The smallest absolute Gasteiger partial charge is 0.243 e. The molecule has 0 aliphatic heterocycles. The minimum Gasteiger partial charge on any atom is -0.391 e. The van der Waals surface area contributed by atoms with Crippen LogP contribution in [-0.2, 0) is 16.6 Å². The Balaban J connectivity index is 2.92. The molecule has 1 N–H and O–H groups in total. The number of sulfonamides is 1. The van der Waals surface area contributed by atoms with Crippen LogP contribution in [0.25, 0.3) is 0 Å². The van der Waals surface area contributed by atoms with E-state index in [1.807, 2.05) is 6.92 Å². The molecule has 0 saturated heterocycles. The standard InChI is InChI=1S/C12H21NO3S2/c1-9(2)5-10(3)13(4)18(15,16)12-6-11(7-14)17-8-12/h6,8-10,14H,5,7H2,1-4H3. The van der Waals surface area contributed by atoms with Crippen molar-refractivity contribution in [3.63, 3.8) is 0 Å². The van der Waals surface area contributed by atoms with Crippen molar-refractivity contribution in [2.75, 3.05) is 7.05 Å². The van der Waals surface area contributed by atoms with Crippen LogP contribution >= 0.6 is 11.3 Å². The van der Waals surface area contributed by atoms with E-state index >= 15 is 0 Å². The second-order valence-corrected chi connectivity index (χ2v) is 7.90. The van der Waals surface area contributed by atoms with Gasteiger partial charge in [0, 0.05) is 23.3 Å². The van der Waals surface area contributed by atoms with Gasteiger partial charge in [0.15, 0.2) is 0 Å². The zero-order chi connectivity index (χ0) is 13.9. The van der Waals surface area contributed by atoms with Gasteiger partial charge in [0.1, 0.15) is 0 Å². The average Bonchev–Trinajstić information content (AvgIpc) is 2.76. The molecule has 18 heavy (non-hydrogen) atoms. The van der Waals surface area contributed by atoms with Gasteiger partial charge in [0.25, 0.3) is 0 Å². The van der Waals surface area contributed by atoms with Crippen LogP contribution < -0.4 is 0 Å². The molecule has 1 atom stereocenters. The highest BCUT2D eigenvalue weighted by atomic mass is 32.2. The van der Waals surface area contributed by atoms with Crippen molar-refractivity contribution in [3.8, 4) is 0 Å². The maximum absolute atomic E-state index is 12.3. The van der Waals surface area contributed by atoms with Crippen molar-refractivity contribution >= 4 is 21.4 Å². The predicted molar refractivity (Wildman–Crippen MR) is 74.1 cm³/mol. The summed E-state index contributed by atoms with van der Waals surface area (Å²) in [6, 6.07) is 1.51. The second kappa shape index (κ2) is 6.14. The van der Waals surface area contributed by atoms with Gasteiger partial charge in [-0.2, -0.15) is 4.31 Å². The summed E-state index contributed by atoms with van der Waals surface area (Å²) >= 11 is 1.26. The van der Waals surface area contributed by atoms with E-state index in [9.17, 15) is 8.42 Å². The first kappa shape index (κ1) is 15.6. The van der Waals surface area contributed by atoms with Crippen molar-refractivity contribution in [1.82, 2.24) is 4.31 Å². The van der Waals surface area contributed by atoms with Crippen LogP contribution in [-0.4, -0.2) is 30.9 Å². The monoisotopic (exact) mass is 291 g/mol. The number of thiophene rings is 1. The predicted octanol–water partition coefficient (Wildman–Crippen LogP) is 2.30. The number of hydrogen-bond acceptors (Lipinski definition) is 4. The largest absolute Gasteiger partial charge is 0.391 e. The maximum atomic E-state index is 12.3. The first-order chi connectivity index (χ1) is 8.28. The highest BCUT2D eigenvalue weighted by molar-refractivity contribution is 7.89. The molecule has 0 aromatic carbocycles. The van der Waals surface area contributed by atoms with Gasteiger partial charge in [-0.05, 0) is 25.3 Å². The Bertz CT molecular complexity index is 479. The average molecular weight is 291 g/mol. The van der Waals surface area contributed by atoms with Gasteiger partial charge in [-0.1, -0.05) is 13.8 Å². The Morgan fingerprint density at radius 3 is 2.44 bits per heavy atom. The Morgan fingerprint density at radius 2 is 2.00 bits per heavy atom. The first-order valence-corrected chi connectivity index (χ1v) is 8.27. The van der Waals surface area contributed by atoms with Crippen LogP contribution in [0.3, 0.4) is 0 Å². The van der Waals surface area contributed by atoms with Gasteiger partial charge in [0.2, 0.25) is 10.0 Å². The van der Waals surface area contributed by atoms with Gasteiger partial charge in [-0.15, -0.1) is 11.3 Å². The van der Waals surface area contributed by atoms with Crippen LogP contribution in [0.5, 0.6) is 0 Å². The van der Waals surface area contributed by atoms with E-state index in [1.165, 1.54) is 15.6 Å². The number of rotatable bonds is 6. The Labute approximate surface area is 113 Å². The molecule has 1 heterocycles. The lowest BCUT2D eigenvalue weighted by Crippen LogP contribution is -2.35. The molecule has 0 spiro atoms. The minimum absolute atomic E-state index is 0.0347. The van der Waals surface area contributed by atoms with Crippen molar-refractivity contribution in [3.05, 3.63) is 16.3 Å². The van der Waals surface area contributed by atoms with Crippen molar-refractivity contribution in [1.29, 1.82) is 0 Å². The maximum Gasteiger partial charge on any atom is 0.243 e. The van der Waals surface area contributed by atoms with E-state index in [0.717, 1.165) is 6.42 Å². The number of hydrogen-bond donors (Lipinski definition) is 1. The summed E-state index contributed by atoms with van der Waals surface area (Å²) < 4.78 is 26.1. The zero-order valence-electron chi connectivity index (χ0n) is 11.3. The van der Waals surface area contributed by atoms with E-state index in [0.29, 0.717) is 10.8 Å². The third-order valence-corrected chi connectivity index (χ3v) is 5.92. The van der Waals surface area contributed by atoms with Crippen molar-refractivity contribution < 1.29 is 13.5 Å². The second-order valence-electron chi connectivity index (χ2n) is 4.91. The fourth-order valence-corrected chi connectivity index (χ4v) is 4.31. The third kappa shape index (κ3) is 3.54. The Hall–Kier alpha value is -0.430. The summed E-state index contributed by atoms with van der Waals surface area (Å²) in [5.74, 6) is 0.452. The topological polar surface area (TPSA) is 57.6 Å². The lowest BCUT2D eigenvalue weighted by molar-refractivity contribution is 0.285. The molecule has 1 rings (SSSR count). The van der Waals surface area contributed by atoms with Crippen molar-refractivity contribution in [2.45, 2.75) is 44.7 Å². The van der Waals surface area contributed by atoms with E-state index in [1.54, 1.807) is 18.5 Å². The van der Waals surface area contributed by atoms with Crippen LogP contribution in [0, 0.1) is 5.92 Å². The Morgan fingerprint density at radius 1 is 1.39 bits per heavy atom. The molecule has 1 aromatic heterocycles. The molecule has 1 aromatic rings. The summed E-state index contributed by atoms with van der Waals surface area (Å²) in [4.78, 5) is 0.938. The molecular weight excluding hydrogens is 270 g/mol. The van der Waals surface area contributed by atoms with Gasteiger partial charge >= 0.3 is 0 Å². The molecule has 0 radical (unpaired) electrons. The molecule has 4 nitrogen and oxygen atoms in total. The highest BCUT2D eigenvalue weighted by Crippen LogP contribution is 2.24. The number of aliphatic hydroxyl groups excluding tert-OH is 1. The summed E-state index contributed by atoms with van der Waals surface area (Å²) in [6.07, 6.45) is 0.826. The molecule has 0 fully saturated rings. The van der Waals surface area contributed by atoms with E-state index < -0.39 is 10.0 Å². The van der Waals surface area contributed by atoms with Gasteiger partial charge in [-0.3, -0.25) is 0 Å². The molecule has 0 bridgehead atoms. The van der Waals surface area contributed by atoms with Gasteiger partial charge in [0.05, 0.1) is 11.5 Å². The fraction of sp³-hybridized carbons (Fsp3) is 0.667.